The van der Waals surface area contributed by atoms with Crippen LogP contribution in [-0.4, -0.2) is 47.2 Å². The van der Waals surface area contributed by atoms with Gasteiger partial charge in [0.1, 0.15) is 11.4 Å². The van der Waals surface area contributed by atoms with Crippen LogP contribution < -0.4 is 0 Å². The van der Waals surface area contributed by atoms with E-state index in [1.54, 1.807) is 17.9 Å². The summed E-state index contributed by atoms with van der Waals surface area (Å²) in [6.45, 7) is 12.1. The molecular weight excluding hydrogens is 375 g/mol. The van der Waals surface area contributed by atoms with Gasteiger partial charge in [-0.2, -0.15) is 0 Å². The van der Waals surface area contributed by atoms with Crippen molar-refractivity contribution in [2.24, 2.45) is 0 Å². The molecule has 1 saturated heterocycles. The zero-order valence-electron chi connectivity index (χ0n) is 15.0. The first-order chi connectivity index (χ1) is 11.1. The third-order valence-electron chi connectivity index (χ3n) is 4.12. The average molecular weight is 401 g/mol. The first-order valence-corrected chi connectivity index (χ1v) is 9.02. The first kappa shape index (κ1) is 19.2. The highest BCUT2D eigenvalue weighted by Crippen LogP contribution is 2.24. The van der Waals surface area contributed by atoms with Crippen molar-refractivity contribution in [1.29, 1.82) is 0 Å². The van der Waals surface area contributed by atoms with E-state index in [0.717, 1.165) is 16.6 Å². The van der Waals surface area contributed by atoms with Crippen molar-refractivity contribution < 1.29 is 13.9 Å². The van der Waals surface area contributed by atoms with Crippen molar-refractivity contribution in [1.82, 2.24) is 9.80 Å². The Balaban J connectivity index is 1.99. The number of halogens is 2. The molecule has 4 nitrogen and oxygen atoms in total. The van der Waals surface area contributed by atoms with Gasteiger partial charge in [-0.05, 0) is 57.9 Å². The highest BCUT2D eigenvalue weighted by molar-refractivity contribution is 9.10. The summed E-state index contributed by atoms with van der Waals surface area (Å²) in [5.41, 5.74) is 1.07. The van der Waals surface area contributed by atoms with Crippen LogP contribution in [0.2, 0.25) is 0 Å². The van der Waals surface area contributed by atoms with E-state index in [9.17, 15) is 9.18 Å². The zero-order valence-corrected chi connectivity index (χ0v) is 16.6. The summed E-state index contributed by atoms with van der Waals surface area (Å²) in [7, 11) is 0. The van der Waals surface area contributed by atoms with Gasteiger partial charge in [0.05, 0.1) is 0 Å². The van der Waals surface area contributed by atoms with Crippen molar-refractivity contribution >= 4 is 22.0 Å². The number of amides is 1. The standard InChI is InChI=1S/C18H26BrFN2O2/c1-12-8-15(19)14(9-16(12)20)11-21-6-7-22(10-13(21)2)17(23)24-18(3,4)5/h8-9,13H,6-7,10-11H2,1-5H3/t13-/m0/s1. The number of rotatable bonds is 2. The molecule has 0 aromatic heterocycles. The van der Waals surface area contributed by atoms with Crippen LogP contribution >= 0.6 is 15.9 Å². The highest BCUT2D eigenvalue weighted by atomic mass is 79.9. The molecule has 1 fully saturated rings. The predicted molar refractivity (Wildman–Crippen MR) is 96.5 cm³/mol. The Bertz CT molecular complexity index is 616. The Kier molecular flexibility index (Phi) is 5.91. The zero-order chi connectivity index (χ0) is 18.1. The number of nitrogens with zero attached hydrogens (tertiary/aromatic N) is 2. The number of piperazine rings is 1. The van der Waals surface area contributed by atoms with Gasteiger partial charge in [-0.15, -0.1) is 0 Å². The molecule has 24 heavy (non-hydrogen) atoms. The second kappa shape index (κ2) is 7.40. The molecule has 0 N–H and O–H groups in total. The molecule has 1 aliphatic rings. The quantitative estimate of drug-likeness (QED) is 0.739. The Labute approximate surface area is 152 Å². The maximum atomic E-state index is 13.8. The summed E-state index contributed by atoms with van der Waals surface area (Å²) >= 11 is 3.52. The molecule has 2 rings (SSSR count). The molecule has 0 spiro atoms. The van der Waals surface area contributed by atoms with Crippen molar-refractivity contribution in [3.8, 4) is 0 Å². The molecule has 0 bridgehead atoms. The molecule has 6 heteroatoms. The number of hydrogen-bond acceptors (Lipinski definition) is 3. The topological polar surface area (TPSA) is 32.8 Å². The van der Waals surface area contributed by atoms with E-state index < -0.39 is 5.60 Å². The van der Waals surface area contributed by atoms with Crippen LogP contribution in [0, 0.1) is 12.7 Å². The Hall–Kier alpha value is -1.14. The number of benzene rings is 1. The highest BCUT2D eigenvalue weighted by Gasteiger charge is 2.30. The Morgan fingerprint density at radius 3 is 2.62 bits per heavy atom. The number of ether oxygens (including phenoxy) is 1. The summed E-state index contributed by atoms with van der Waals surface area (Å²) in [6, 6.07) is 3.58. The summed E-state index contributed by atoms with van der Waals surface area (Å²) in [5, 5.41) is 0. The Morgan fingerprint density at radius 2 is 2.04 bits per heavy atom. The van der Waals surface area contributed by atoms with Crippen LogP contribution in [0.5, 0.6) is 0 Å². The molecule has 1 aromatic rings. The molecular formula is C18H26BrFN2O2. The average Bonchev–Trinajstić information content (AvgIpc) is 2.44. The van der Waals surface area contributed by atoms with E-state index in [1.165, 1.54) is 0 Å². The van der Waals surface area contributed by atoms with E-state index in [0.29, 0.717) is 25.2 Å². The number of carbonyl (C=O) groups is 1. The van der Waals surface area contributed by atoms with E-state index in [4.69, 9.17) is 4.74 Å². The van der Waals surface area contributed by atoms with Crippen LogP contribution in [0.1, 0.15) is 38.8 Å². The fourth-order valence-electron chi connectivity index (χ4n) is 2.75. The molecule has 1 heterocycles. The number of carbonyl (C=O) groups excluding carboxylic acids is 1. The maximum absolute atomic E-state index is 13.8. The third kappa shape index (κ3) is 4.93. The summed E-state index contributed by atoms with van der Waals surface area (Å²) < 4.78 is 20.2. The van der Waals surface area contributed by atoms with Crippen LogP contribution in [0.15, 0.2) is 16.6 Å². The van der Waals surface area contributed by atoms with E-state index in [1.807, 2.05) is 26.8 Å². The van der Waals surface area contributed by atoms with Crippen LogP contribution in [0.4, 0.5) is 9.18 Å². The van der Waals surface area contributed by atoms with E-state index in [-0.39, 0.29) is 18.0 Å². The van der Waals surface area contributed by atoms with Gasteiger partial charge in [0.25, 0.3) is 0 Å². The molecule has 0 aliphatic carbocycles. The molecule has 1 aliphatic heterocycles. The van der Waals surface area contributed by atoms with Crippen LogP contribution in [0.25, 0.3) is 0 Å². The second-order valence-electron chi connectivity index (χ2n) is 7.44. The van der Waals surface area contributed by atoms with Gasteiger partial charge in [-0.3, -0.25) is 4.90 Å². The van der Waals surface area contributed by atoms with Gasteiger partial charge in [0.15, 0.2) is 0 Å². The van der Waals surface area contributed by atoms with Crippen LogP contribution in [-0.2, 0) is 11.3 Å². The van der Waals surface area contributed by atoms with E-state index in [2.05, 4.69) is 27.8 Å². The van der Waals surface area contributed by atoms with Crippen molar-refractivity contribution in [2.75, 3.05) is 19.6 Å². The fourth-order valence-corrected chi connectivity index (χ4v) is 3.33. The van der Waals surface area contributed by atoms with E-state index >= 15 is 0 Å². The minimum Gasteiger partial charge on any atom is -0.444 e. The van der Waals surface area contributed by atoms with Gasteiger partial charge in [0, 0.05) is 36.7 Å². The lowest BCUT2D eigenvalue weighted by molar-refractivity contribution is 0.00458. The third-order valence-corrected chi connectivity index (χ3v) is 4.86. The lowest BCUT2D eigenvalue weighted by Gasteiger charge is -2.40. The van der Waals surface area contributed by atoms with Crippen molar-refractivity contribution in [3.63, 3.8) is 0 Å². The van der Waals surface area contributed by atoms with Gasteiger partial charge in [-0.1, -0.05) is 15.9 Å². The van der Waals surface area contributed by atoms with Crippen molar-refractivity contribution in [3.05, 3.63) is 33.5 Å². The Morgan fingerprint density at radius 1 is 1.38 bits per heavy atom. The minimum absolute atomic E-state index is 0.183. The smallest absolute Gasteiger partial charge is 0.410 e. The molecule has 1 amide bonds. The molecule has 1 aromatic carbocycles. The fraction of sp³-hybridized carbons (Fsp3) is 0.611. The lowest BCUT2D eigenvalue weighted by Crippen LogP contribution is -2.54. The van der Waals surface area contributed by atoms with Gasteiger partial charge in [-0.25, -0.2) is 9.18 Å². The predicted octanol–water partition coefficient (Wildman–Crippen LogP) is 4.34. The first-order valence-electron chi connectivity index (χ1n) is 8.23. The summed E-state index contributed by atoms with van der Waals surface area (Å²) in [4.78, 5) is 16.2. The van der Waals surface area contributed by atoms with Crippen molar-refractivity contribution in [2.45, 2.75) is 52.8 Å². The normalized spacial score (nSPS) is 19.5. The molecule has 0 saturated carbocycles. The maximum Gasteiger partial charge on any atom is 0.410 e. The minimum atomic E-state index is -0.484. The molecule has 1 atom stereocenters. The monoisotopic (exact) mass is 400 g/mol. The van der Waals surface area contributed by atoms with Gasteiger partial charge in [0.2, 0.25) is 0 Å². The van der Waals surface area contributed by atoms with Gasteiger partial charge < -0.3 is 9.64 Å². The number of aryl methyl sites for hydroxylation is 1. The SMILES string of the molecule is Cc1cc(Br)c(CN2CCN(C(=O)OC(C)(C)C)C[C@@H]2C)cc1F. The van der Waals surface area contributed by atoms with Crippen LogP contribution in [0.3, 0.4) is 0 Å². The van der Waals surface area contributed by atoms with Gasteiger partial charge >= 0.3 is 6.09 Å². The summed E-state index contributed by atoms with van der Waals surface area (Å²) in [6.07, 6.45) is -0.267. The molecule has 0 radical (unpaired) electrons. The molecule has 134 valence electrons. The largest absolute Gasteiger partial charge is 0.444 e. The second-order valence-corrected chi connectivity index (χ2v) is 8.29. The number of hydrogen-bond donors (Lipinski definition) is 0. The summed E-state index contributed by atoms with van der Waals surface area (Å²) in [5.74, 6) is -0.187. The lowest BCUT2D eigenvalue weighted by atomic mass is 10.1. The molecule has 0 unspecified atom stereocenters.